The van der Waals surface area contributed by atoms with Crippen molar-refractivity contribution in [3.05, 3.63) is 0 Å². The van der Waals surface area contributed by atoms with E-state index in [2.05, 4.69) is 47.7 Å². The molecule has 0 aromatic rings. The van der Waals surface area contributed by atoms with Crippen molar-refractivity contribution in [1.82, 2.24) is 0 Å². The minimum Gasteiger partial charge on any atom is -0.414 e. The van der Waals surface area contributed by atoms with Crippen LogP contribution in [0.3, 0.4) is 0 Å². The maximum Gasteiger partial charge on any atom is 0.192 e. The molecule has 0 heterocycles. The second-order valence-electron chi connectivity index (χ2n) is 8.91. The summed E-state index contributed by atoms with van der Waals surface area (Å²) >= 11 is 0. The lowest BCUT2D eigenvalue weighted by atomic mass is 9.97. The summed E-state index contributed by atoms with van der Waals surface area (Å²) in [5, 5.41) is 9.35. The molecular weight excluding hydrogens is 332 g/mol. The van der Waals surface area contributed by atoms with Crippen LogP contribution in [0.5, 0.6) is 0 Å². The molecule has 0 aliphatic carbocycles. The van der Waals surface area contributed by atoms with E-state index in [4.69, 9.17) is 19.0 Å². The molecule has 0 amide bonds. The molecular formula is C20H44O4Si. The minimum atomic E-state index is -1.82. The van der Waals surface area contributed by atoms with Crippen molar-refractivity contribution in [2.45, 2.75) is 103 Å². The highest BCUT2D eigenvalue weighted by molar-refractivity contribution is 6.74. The number of hydrogen-bond acceptors (Lipinski definition) is 4. The lowest BCUT2D eigenvalue weighted by Gasteiger charge is -2.40. The molecule has 3 atom stereocenters. The van der Waals surface area contributed by atoms with Gasteiger partial charge < -0.3 is 19.0 Å². The molecule has 0 aromatic carbocycles. The second-order valence-corrected chi connectivity index (χ2v) is 13.7. The van der Waals surface area contributed by atoms with Crippen LogP contribution < -0.4 is 0 Å². The topological polar surface area (TPSA) is 47.9 Å². The fourth-order valence-corrected chi connectivity index (χ4v) is 4.10. The molecule has 0 unspecified atom stereocenters. The van der Waals surface area contributed by atoms with Crippen molar-refractivity contribution in [3.63, 3.8) is 0 Å². The van der Waals surface area contributed by atoms with E-state index in [0.29, 0.717) is 12.7 Å². The van der Waals surface area contributed by atoms with Gasteiger partial charge in [0.25, 0.3) is 0 Å². The Kier molecular flexibility index (Phi) is 12.5. The Morgan fingerprint density at radius 2 is 1.64 bits per heavy atom. The summed E-state index contributed by atoms with van der Waals surface area (Å²) in [4.78, 5) is 0. The molecule has 0 fully saturated rings. The first-order valence-electron chi connectivity index (χ1n) is 9.96. The highest BCUT2D eigenvalue weighted by atomic mass is 28.4. The molecule has 0 rings (SSSR count). The van der Waals surface area contributed by atoms with E-state index >= 15 is 0 Å². The standard InChI is InChI=1S/C20H44O4Si/c1-9-10-18(23-16-22-6)15-19(12-11-17(2)13-14-21)24-25(7,8)20(3,4)5/h17-19,21H,9-16H2,1-8H3/t17-,18+,19+/m1/s1. The predicted molar refractivity (Wildman–Crippen MR) is 108 cm³/mol. The Bertz CT molecular complexity index is 328. The van der Waals surface area contributed by atoms with E-state index in [1.165, 1.54) is 0 Å². The van der Waals surface area contributed by atoms with Gasteiger partial charge in [0.2, 0.25) is 0 Å². The van der Waals surface area contributed by atoms with E-state index in [-0.39, 0.29) is 23.9 Å². The summed E-state index contributed by atoms with van der Waals surface area (Å²) in [5.74, 6) is 0.528. The van der Waals surface area contributed by atoms with Crippen LogP contribution >= 0.6 is 0 Å². The van der Waals surface area contributed by atoms with Gasteiger partial charge in [0.15, 0.2) is 8.32 Å². The van der Waals surface area contributed by atoms with Crippen LogP contribution in [-0.2, 0) is 13.9 Å². The van der Waals surface area contributed by atoms with Crippen molar-refractivity contribution in [1.29, 1.82) is 0 Å². The average molecular weight is 377 g/mol. The molecule has 0 saturated carbocycles. The Labute approximate surface area is 157 Å². The van der Waals surface area contributed by atoms with Crippen LogP contribution in [-0.4, -0.2) is 46.1 Å². The van der Waals surface area contributed by atoms with E-state index in [0.717, 1.165) is 38.5 Å². The molecule has 25 heavy (non-hydrogen) atoms. The zero-order valence-electron chi connectivity index (χ0n) is 18.1. The number of aliphatic hydroxyl groups is 1. The van der Waals surface area contributed by atoms with Crippen LogP contribution in [0.1, 0.15) is 73.1 Å². The summed E-state index contributed by atoms with van der Waals surface area (Å²) in [5.41, 5.74) is 0. The molecule has 0 aliphatic heterocycles. The first-order valence-corrected chi connectivity index (χ1v) is 12.9. The molecule has 152 valence electrons. The van der Waals surface area contributed by atoms with Crippen molar-refractivity contribution >= 4 is 8.32 Å². The van der Waals surface area contributed by atoms with E-state index in [1.54, 1.807) is 7.11 Å². The van der Waals surface area contributed by atoms with Crippen molar-refractivity contribution in [2.75, 3.05) is 20.5 Å². The van der Waals surface area contributed by atoms with Crippen LogP contribution in [0.2, 0.25) is 18.1 Å². The number of aliphatic hydroxyl groups excluding tert-OH is 1. The van der Waals surface area contributed by atoms with Gasteiger partial charge in [-0.3, -0.25) is 0 Å². The third kappa shape index (κ3) is 10.7. The predicted octanol–water partition coefficient (Wildman–Crippen LogP) is 5.35. The Morgan fingerprint density at radius 1 is 1.00 bits per heavy atom. The van der Waals surface area contributed by atoms with Gasteiger partial charge in [-0.15, -0.1) is 0 Å². The van der Waals surface area contributed by atoms with Crippen LogP contribution in [0, 0.1) is 5.92 Å². The summed E-state index contributed by atoms with van der Waals surface area (Å²) in [6.45, 7) is 16.5. The fourth-order valence-electron chi connectivity index (χ4n) is 2.70. The molecule has 1 N–H and O–H groups in total. The van der Waals surface area contributed by atoms with E-state index in [9.17, 15) is 0 Å². The number of hydrogen-bond donors (Lipinski definition) is 1. The number of ether oxygens (including phenoxy) is 2. The SMILES string of the molecule is CCC[C@@H](C[C@H](CC[C@@H](C)CCO)O[Si](C)(C)C(C)(C)C)OCOC. The quantitative estimate of drug-likeness (QED) is 0.328. The third-order valence-electron chi connectivity index (χ3n) is 5.43. The van der Waals surface area contributed by atoms with Gasteiger partial charge in [0.05, 0.1) is 6.10 Å². The Morgan fingerprint density at radius 3 is 2.12 bits per heavy atom. The Hall–Kier alpha value is 0.0569. The summed E-state index contributed by atoms with van der Waals surface area (Å²) in [7, 11) is -0.146. The van der Waals surface area contributed by atoms with Crippen LogP contribution in [0.15, 0.2) is 0 Å². The minimum absolute atomic E-state index is 0.188. The van der Waals surface area contributed by atoms with E-state index in [1.807, 2.05) is 0 Å². The van der Waals surface area contributed by atoms with Gasteiger partial charge in [-0.25, -0.2) is 0 Å². The zero-order chi connectivity index (χ0) is 19.5. The number of rotatable bonds is 14. The van der Waals surface area contributed by atoms with E-state index < -0.39 is 8.32 Å². The molecule has 0 bridgehead atoms. The van der Waals surface area contributed by atoms with Gasteiger partial charge >= 0.3 is 0 Å². The van der Waals surface area contributed by atoms with Gasteiger partial charge in [0, 0.05) is 19.8 Å². The molecule has 0 saturated heterocycles. The van der Waals surface area contributed by atoms with Crippen molar-refractivity contribution < 1.29 is 19.0 Å². The van der Waals surface area contributed by atoms with Crippen LogP contribution in [0.4, 0.5) is 0 Å². The largest absolute Gasteiger partial charge is 0.414 e. The summed E-state index contributed by atoms with van der Waals surface area (Å²) in [6, 6.07) is 0. The second kappa shape index (κ2) is 12.4. The fraction of sp³-hybridized carbons (Fsp3) is 1.00. The van der Waals surface area contributed by atoms with Gasteiger partial charge in [-0.05, 0) is 56.2 Å². The lowest BCUT2D eigenvalue weighted by molar-refractivity contribution is -0.0864. The average Bonchev–Trinajstić information content (AvgIpc) is 2.49. The van der Waals surface area contributed by atoms with Gasteiger partial charge in [-0.1, -0.05) is 41.0 Å². The normalized spacial score (nSPS) is 16.7. The van der Waals surface area contributed by atoms with Gasteiger partial charge in [0.1, 0.15) is 6.79 Å². The van der Waals surface area contributed by atoms with Crippen molar-refractivity contribution in [3.8, 4) is 0 Å². The molecule has 0 aromatic heterocycles. The van der Waals surface area contributed by atoms with Crippen LogP contribution in [0.25, 0.3) is 0 Å². The smallest absolute Gasteiger partial charge is 0.192 e. The monoisotopic (exact) mass is 376 g/mol. The molecule has 0 spiro atoms. The molecule has 0 radical (unpaired) electrons. The maximum absolute atomic E-state index is 9.15. The third-order valence-corrected chi connectivity index (χ3v) is 9.96. The number of methoxy groups -OCH3 is 1. The summed E-state index contributed by atoms with van der Waals surface area (Å²) in [6.07, 6.45) is 6.45. The summed E-state index contributed by atoms with van der Waals surface area (Å²) < 4.78 is 17.7. The highest BCUT2D eigenvalue weighted by Crippen LogP contribution is 2.38. The lowest BCUT2D eigenvalue weighted by Crippen LogP contribution is -2.45. The highest BCUT2D eigenvalue weighted by Gasteiger charge is 2.39. The molecule has 0 aliphatic rings. The molecule has 5 heteroatoms. The van der Waals surface area contributed by atoms with Crippen molar-refractivity contribution in [2.24, 2.45) is 5.92 Å². The first-order chi connectivity index (χ1) is 11.6. The van der Waals surface area contributed by atoms with Gasteiger partial charge in [-0.2, -0.15) is 0 Å². The zero-order valence-corrected chi connectivity index (χ0v) is 19.1. The molecule has 4 nitrogen and oxygen atoms in total. The Balaban J connectivity index is 4.96. The first kappa shape index (κ1) is 25.1. The maximum atomic E-state index is 9.15.